The van der Waals surface area contributed by atoms with Crippen LogP contribution in [-0.2, 0) is 25.6 Å². The average Bonchev–Trinajstić information content (AvgIpc) is 3.56. The van der Waals surface area contributed by atoms with Gasteiger partial charge in [0.2, 0.25) is 5.78 Å². The van der Waals surface area contributed by atoms with Gasteiger partial charge in [-0.15, -0.1) is 11.3 Å². The zero-order valence-corrected chi connectivity index (χ0v) is 26.8. The maximum atomic E-state index is 13.8. The van der Waals surface area contributed by atoms with Crippen LogP contribution in [0.4, 0.5) is 10.6 Å². The number of aromatic nitrogens is 2. The number of hydrogen-bond acceptors (Lipinski definition) is 11. The van der Waals surface area contributed by atoms with Crippen LogP contribution in [0.5, 0.6) is 0 Å². The fourth-order valence-electron chi connectivity index (χ4n) is 5.59. The Morgan fingerprint density at radius 2 is 2.02 bits per heavy atom. The number of carbonyl (C=O) groups excluding carboxylic acids is 2. The molecule has 0 unspecified atom stereocenters. The summed E-state index contributed by atoms with van der Waals surface area (Å²) in [5, 5.41) is 20.9. The number of halogens is 1. The Balaban J connectivity index is 1.39. The highest BCUT2D eigenvalue weighted by atomic mass is 35.5. The van der Waals surface area contributed by atoms with Crippen LogP contribution in [0, 0.1) is 5.92 Å². The van der Waals surface area contributed by atoms with Gasteiger partial charge < -0.3 is 15.2 Å². The highest BCUT2D eigenvalue weighted by molar-refractivity contribution is 7.84. The minimum atomic E-state index is -4.13. The van der Waals surface area contributed by atoms with E-state index in [9.17, 15) is 23.1 Å². The molecular weight excluding hydrogens is 630 g/mol. The van der Waals surface area contributed by atoms with E-state index < -0.39 is 40.1 Å². The SMILES string of the molecule is CC(C)(C)OC(=O)N1CCc2ccc(Cl)cc2[C@H]1c1csc(C(=O)c2cncnc2N[C@@H]2C[C@H](COS(N)(=O)=O)[C@@H](O)C2)c1. The van der Waals surface area contributed by atoms with Gasteiger partial charge in [-0.25, -0.2) is 19.9 Å². The molecule has 15 heteroatoms. The molecule has 1 amide bonds. The zero-order valence-electron chi connectivity index (χ0n) is 24.4. The summed E-state index contributed by atoms with van der Waals surface area (Å²) < 4.78 is 32.8. The molecule has 2 aliphatic rings. The monoisotopic (exact) mass is 663 g/mol. The van der Waals surface area contributed by atoms with Gasteiger partial charge in [-0.2, -0.15) is 8.42 Å². The van der Waals surface area contributed by atoms with E-state index in [1.165, 1.54) is 23.9 Å². The number of nitrogens with zero attached hydrogens (tertiary/aromatic N) is 3. The summed E-state index contributed by atoms with van der Waals surface area (Å²) >= 11 is 7.62. The number of hydrogen-bond donors (Lipinski definition) is 3. The number of carbonyl (C=O) groups is 2. The standard InChI is InChI=1S/C29H34ClN5O7S2/c1-29(2,3)42-28(38)35-7-6-16-4-5-19(30)10-21(16)25(35)18-9-24(43-14-18)26(37)22-12-32-15-33-27(22)34-20-8-17(23(36)11-20)13-41-44(31,39)40/h4-5,9-10,12,14-15,17,20,23,25,36H,6-8,11,13H2,1-3H3,(H2,31,39,40)(H,32,33,34)/t17-,20-,23+,25-/m1/s1. The second-order valence-corrected chi connectivity index (χ2v) is 14.5. The van der Waals surface area contributed by atoms with E-state index in [2.05, 4.69) is 19.5 Å². The summed E-state index contributed by atoms with van der Waals surface area (Å²) in [4.78, 5) is 37.5. The number of ether oxygens (including phenoxy) is 1. The molecule has 5 rings (SSSR count). The van der Waals surface area contributed by atoms with Crippen LogP contribution in [0.1, 0.15) is 71.6 Å². The molecule has 0 radical (unpaired) electrons. The van der Waals surface area contributed by atoms with Crippen molar-refractivity contribution >= 4 is 50.9 Å². The third-order valence-corrected chi connectivity index (χ3v) is 9.17. The summed E-state index contributed by atoms with van der Waals surface area (Å²) in [7, 11) is -4.13. The van der Waals surface area contributed by atoms with Crippen LogP contribution in [0.25, 0.3) is 0 Å². The highest BCUT2D eigenvalue weighted by Crippen LogP contribution is 2.40. The summed E-state index contributed by atoms with van der Waals surface area (Å²) in [6, 6.07) is 6.59. The molecule has 2 aromatic heterocycles. The molecule has 4 atom stereocenters. The Morgan fingerprint density at radius 1 is 1.25 bits per heavy atom. The summed E-state index contributed by atoms with van der Waals surface area (Å²) in [5.41, 5.74) is 2.23. The van der Waals surface area contributed by atoms with E-state index >= 15 is 0 Å². The molecule has 3 heterocycles. The third kappa shape index (κ3) is 7.56. The van der Waals surface area contributed by atoms with Crippen LogP contribution in [0.2, 0.25) is 5.02 Å². The Labute approximate surface area is 264 Å². The van der Waals surface area contributed by atoms with E-state index in [0.29, 0.717) is 35.7 Å². The molecule has 0 bridgehead atoms. The van der Waals surface area contributed by atoms with Crippen molar-refractivity contribution in [3.8, 4) is 0 Å². The van der Waals surface area contributed by atoms with E-state index in [-0.39, 0.29) is 29.8 Å². The van der Waals surface area contributed by atoms with Crippen molar-refractivity contribution in [1.29, 1.82) is 0 Å². The lowest BCUT2D eigenvalue weighted by molar-refractivity contribution is 0.0178. The smallest absolute Gasteiger partial charge is 0.411 e. The summed E-state index contributed by atoms with van der Waals surface area (Å²) in [6.45, 7) is 5.63. The average molecular weight is 664 g/mol. The maximum Gasteiger partial charge on any atom is 0.411 e. The first-order valence-corrected chi connectivity index (χ1v) is 16.7. The quantitative estimate of drug-likeness (QED) is 0.298. The molecule has 1 saturated carbocycles. The van der Waals surface area contributed by atoms with Gasteiger partial charge in [0.05, 0.1) is 29.2 Å². The second kappa shape index (κ2) is 12.7. The number of anilines is 1. The summed E-state index contributed by atoms with van der Waals surface area (Å²) in [5.74, 6) is -0.496. The lowest BCUT2D eigenvalue weighted by atomic mass is 9.89. The van der Waals surface area contributed by atoms with Crippen molar-refractivity contribution in [3.05, 3.63) is 74.3 Å². The van der Waals surface area contributed by atoms with Crippen molar-refractivity contribution in [1.82, 2.24) is 14.9 Å². The van der Waals surface area contributed by atoms with Gasteiger partial charge in [-0.3, -0.25) is 13.9 Å². The molecule has 1 aliphatic heterocycles. The van der Waals surface area contributed by atoms with Gasteiger partial charge in [0.1, 0.15) is 17.7 Å². The van der Waals surface area contributed by atoms with Gasteiger partial charge in [-0.05, 0) is 80.3 Å². The van der Waals surface area contributed by atoms with E-state index in [1.807, 2.05) is 44.4 Å². The molecule has 4 N–H and O–H groups in total. The molecular formula is C29H34ClN5O7S2. The van der Waals surface area contributed by atoms with Crippen LogP contribution >= 0.6 is 22.9 Å². The predicted molar refractivity (Wildman–Crippen MR) is 165 cm³/mol. The fourth-order valence-corrected chi connectivity index (χ4v) is 7.02. The first kappa shape index (κ1) is 32.3. The predicted octanol–water partition coefficient (Wildman–Crippen LogP) is 4.08. The topological polar surface area (TPSA) is 174 Å². The molecule has 0 saturated heterocycles. The fraction of sp³-hybridized carbons (Fsp3) is 0.448. The maximum absolute atomic E-state index is 13.8. The second-order valence-electron chi connectivity index (χ2n) is 11.9. The number of amides is 1. The first-order chi connectivity index (χ1) is 20.7. The number of rotatable bonds is 8. The lowest BCUT2D eigenvalue weighted by Crippen LogP contribution is -2.43. The van der Waals surface area contributed by atoms with Crippen LogP contribution in [0.3, 0.4) is 0 Å². The largest absolute Gasteiger partial charge is 0.444 e. The van der Waals surface area contributed by atoms with Gasteiger partial charge in [0, 0.05) is 29.7 Å². The normalized spacial score (nSPS) is 22.0. The van der Waals surface area contributed by atoms with Gasteiger partial charge in [-0.1, -0.05) is 17.7 Å². The minimum absolute atomic E-state index is 0.232. The number of ketones is 1. The molecule has 12 nitrogen and oxygen atoms in total. The number of nitrogens with one attached hydrogen (secondary N) is 1. The van der Waals surface area contributed by atoms with Crippen LogP contribution in [-0.4, -0.2) is 71.2 Å². The van der Waals surface area contributed by atoms with Crippen LogP contribution < -0.4 is 10.5 Å². The first-order valence-electron chi connectivity index (χ1n) is 14.0. The number of aliphatic hydroxyl groups is 1. The number of aliphatic hydroxyl groups excluding tert-OH is 1. The Hall–Kier alpha value is -3.14. The number of thiophene rings is 1. The molecule has 3 aromatic rings. The van der Waals surface area contributed by atoms with Crippen molar-refractivity contribution in [2.75, 3.05) is 18.5 Å². The highest BCUT2D eigenvalue weighted by Gasteiger charge is 2.37. The van der Waals surface area contributed by atoms with Crippen molar-refractivity contribution < 1.29 is 32.0 Å². The van der Waals surface area contributed by atoms with Gasteiger partial charge in [0.25, 0.3) is 0 Å². The Bertz CT molecular complexity index is 1660. The zero-order chi connectivity index (χ0) is 31.8. The molecule has 1 aromatic carbocycles. The number of benzene rings is 1. The molecule has 44 heavy (non-hydrogen) atoms. The van der Waals surface area contributed by atoms with E-state index in [0.717, 1.165) is 16.7 Å². The van der Waals surface area contributed by atoms with Crippen molar-refractivity contribution in [2.24, 2.45) is 11.1 Å². The third-order valence-electron chi connectivity index (χ3n) is 7.53. The van der Waals surface area contributed by atoms with Crippen molar-refractivity contribution in [2.45, 2.75) is 63.8 Å². The Morgan fingerprint density at radius 3 is 2.75 bits per heavy atom. The van der Waals surface area contributed by atoms with Crippen molar-refractivity contribution in [3.63, 3.8) is 0 Å². The number of fused-ring (bicyclic) bond motifs is 1. The van der Waals surface area contributed by atoms with E-state index in [4.69, 9.17) is 21.5 Å². The molecule has 1 aliphatic carbocycles. The van der Waals surface area contributed by atoms with Gasteiger partial charge in [0.15, 0.2) is 0 Å². The van der Waals surface area contributed by atoms with Crippen LogP contribution in [0.15, 0.2) is 42.2 Å². The number of nitrogens with two attached hydrogens (primary N) is 1. The lowest BCUT2D eigenvalue weighted by Gasteiger charge is -2.38. The van der Waals surface area contributed by atoms with Gasteiger partial charge >= 0.3 is 16.4 Å². The molecule has 236 valence electrons. The van der Waals surface area contributed by atoms with E-state index in [1.54, 1.807) is 11.0 Å². The molecule has 0 spiro atoms. The summed E-state index contributed by atoms with van der Waals surface area (Å²) in [6.07, 6.45) is 2.77. The minimum Gasteiger partial charge on any atom is -0.444 e. The molecule has 1 fully saturated rings. The Kier molecular flexibility index (Phi) is 9.31.